The highest BCUT2D eigenvalue weighted by Crippen LogP contribution is 2.28. The number of hydrogen-bond acceptors (Lipinski definition) is 8. The number of nitrogens with one attached hydrogen (secondary N) is 2. The van der Waals surface area contributed by atoms with E-state index in [9.17, 15) is 28.8 Å². The molecule has 2 aliphatic heterocycles. The normalized spacial score (nSPS) is 20.8. The first-order chi connectivity index (χ1) is 15.8. The molecule has 0 aliphatic carbocycles. The summed E-state index contributed by atoms with van der Waals surface area (Å²) in [5.74, 6) is -2.82. The molecule has 0 radical (unpaired) electrons. The van der Waals surface area contributed by atoms with Crippen LogP contribution in [0.2, 0.25) is 0 Å². The smallest absolute Gasteiger partial charge is 0.291 e. The largest absolute Gasteiger partial charge is 0.314 e. The first kappa shape index (κ1) is 28.2. The lowest BCUT2D eigenvalue weighted by Crippen LogP contribution is -2.58. The first-order valence-corrected chi connectivity index (χ1v) is 13.6. The summed E-state index contributed by atoms with van der Waals surface area (Å²) in [5.41, 5.74) is 2.97. The van der Waals surface area contributed by atoms with Crippen molar-refractivity contribution < 1.29 is 28.8 Å². The fourth-order valence-electron chi connectivity index (χ4n) is 3.17. The van der Waals surface area contributed by atoms with Crippen molar-refractivity contribution in [3.63, 3.8) is 0 Å². The van der Waals surface area contributed by atoms with E-state index < -0.39 is 58.1 Å². The van der Waals surface area contributed by atoms with E-state index in [0.29, 0.717) is 12.8 Å². The Bertz CT molecular complexity index is 805. The van der Waals surface area contributed by atoms with Crippen molar-refractivity contribution in [3.05, 3.63) is 0 Å². The Hall–Kier alpha value is -2.08. The molecule has 12 heteroatoms. The second kappa shape index (κ2) is 11.1. The molecule has 2 heterocycles. The molecule has 2 atom stereocenters. The minimum absolute atomic E-state index is 0.202. The summed E-state index contributed by atoms with van der Waals surface area (Å²) in [7, 11) is 0. The SMILES string of the molecule is CCC(C)(C)C(=O)C(=O)N1CSCC1C(=O)NNC(=O)C1CSCN1C(=O)C(=O)C(C)(C)CC. The van der Waals surface area contributed by atoms with Crippen LogP contribution >= 0.6 is 23.5 Å². The van der Waals surface area contributed by atoms with Crippen LogP contribution in [0.5, 0.6) is 0 Å². The highest BCUT2D eigenvalue weighted by molar-refractivity contribution is 7.99. The average molecular weight is 515 g/mol. The third kappa shape index (κ3) is 5.94. The molecule has 34 heavy (non-hydrogen) atoms. The van der Waals surface area contributed by atoms with Gasteiger partial charge in [0, 0.05) is 22.3 Å². The number of rotatable bonds is 8. The number of ketones is 2. The van der Waals surface area contributed by atoms with Gasteiger partial charge in [-0.1, -0.05) is 41.5 Å². The first-order valence-electron chi connectivity index (χ1n) is 11.2. The standard InChI is InChI=1S/C22H34N4O6S2/c1-7-21(3,4)15(27)19(31)25-11-33-9-13(25)17(29)23-24-18(30)14-10-34-12-26(14)20(32)16(28)22(5,6)8-2/h13-14H,7-12H2,1-6H3,(H,23,29)(H,24,30). The second-order valence-electron chi connectivity index (χ2n) is 9.69. The fraction of sp³-hybridized carbons (Fsp3) is 0.727. The van der Waals surface area contributed by atoms with Crippen LogP contribution in [-0.2, 0) is 28.8 Å². The minimum Gasteiger partial charge on any atom is -0.314 e. The summed E-state index contributed by atoms with van der Waals surface area (Å²) in [6.07, 6.45) is 0.968. The third-order valence-corrected chi connectivity index (χ3v) is 8.61. The summed E-state index contributed by atoms with van der Waals surface area (Å²) in [4.78, 5) is 78.5. The van der Waals surface area contributed by atoms with Crippen LogP contribution in [0.15, 0.2) is 0 Å². The van der Waals surface area contributed by atoms with Crippen molar-refractivity contribution in [2.75, 3.05) is 23.3 Å². The van der Waals surface area contributed by atoms with E-state index in [4.69, 9.17) is 0 Å². The molecule has 0 bridgehead atoms. The number of nitrogens with zero attached hydrogens (tertiary/aromatic N) is 2. The molecule has 190 valence electrons. The Morgan fingerprint density at radius 1 is 0.706 bits per heavy atom. The molecule has 0 saturated carbocycles. The van der Waals surface area contributed by atoms with Crippen LogP contribution < -0.4 is 10.9 Å². The maximum atomic E-state index is 12.7. The number of hydrogen-bond donors (Lipinski definition) is 2. The molecule has 0 spiro atoms. The molecule has 4 amide bonds. The van der Waals surface area contributed by atoms with Crippen LogP contribution in [0.25, 0.3) is 0 Å². The van der Waals surface area contributed by atoms with Gasteiger partial charge >= 0.3 is 0 Å². The van der Waals surface area contributed by atoms with Crippen molar-refractivity contribution in [1.82, 2.24) is 20.7 Å². The zero-order valence-electron chi connectivity index (χ0n) is 20.6. The van der Waals surface area contributed by atoms with Crippen molar-refractivity contribution >= 4 is 58.7 Å². The molecule has 2 fully saturated rings. The van der Waals surface area contributed by atoms with Gasteiger partial charge in [0.25, 0.3) is 23.6 Å². The van der Waals surface area contributed by atoms with Gasteiger partial charge in [-0.15, -0.1) is 23.5 Å². The predicted octanol–water partition coefficient (Wildman–Crippen LogP) is 0.947. The van der Waals surface area contributed by atoms with Gasteiger partial charge in [0.2, 0.25) is 11.6 Å². The minimum atomic E-state index is -0.906. The second-order valence-corrected chi connectivity index (χ2v) is 11.7. The van der Waals surface area contributed by atoms with Crippen molar-refractivity contribution in [2.45, 2.75) is 66.5 Å². The predicted molar refractivity (Wildman–Crippen MR) is 130 cm³/mol. The molecule has 2 rings (SSSR count). The van der Waals surface area contributed by atoms with Crippen LogP contribution in [-0.4, -0.2) is 80.3 Å². The highest BCUT2D eigenvalue weighted by Gasteiger charge is 2.43. The molecule has 0 aromatic heterocycles. The molecular weight excluding hydrogens is 480 g/mol. The molecule has 2 N–H and O–H groups in total. The Balaban J connectivity index is 2.00. The van der Waals surface area contributed by atoms with Gasteiger partial charge in [-0.3, -0.25) is 39.6 Å². The number of Topliss-reactive ketones (excluding diaryl/α,β-unsaturated/α-hetero) is 2. The van der Waals surface area contributed by atoms with E-state index in [1.54, 1.807) is 27.7 Å². The molecule has 0 aromatic carbocycles. The number of hydrazine groups is 1. The average Bonchev–Trinajstić information content (AvgIpc) is 3.50. The zero-order chi connectivity index (χ0) is 25.8. The van der Waals surface area contributed by atoms with Crippen LogP contribution in [0, 0.1) is 10.8 Å². The van der Waals surface area contributed by atoms with Crippen LogP contribution in [0.3, 0.4) is 0 Å². The monoisotopic (exact) mass is 514 g/mol. The lowest BCUT2D eigenvalue weighted by molar-refractivity contribution is -0.152. The van der Waals surface area contributed by atoms with E-state index in [0.717, 1.165) is 0 Å². The van der Waals surface area contributed by atoms with Gasteiger partial charge < -0.3 is 9.80 Å². The van der Waals surface area contributed by atoms with E-state index in [1.165, 1.54) is 33.3 Å². The Labute approximate surface area is 208 Å². The van der Waals surface area contributed by atoms with Crippen molar-refractivity contribution in [3.8, 4) is 0 Å². The summed E-state index contributed by atoms with van der Waals surface area (Å²) < 4.78 is 0. The van der Waals surface area contributed by atoms with E-state index >= 15 is 0 Å². The van der Waals surface area contributed by atoms with Crippen molar-refractivity contribution in [2.24, 2.45) is 10.8 Å². The Kier molecular flexibility index (Phi) is 9.20. The molecule has 0 aromatic rings. The summed E-state index contributed by atoms with van der Waals surface area (Å²) in [6, 6.07) is -1.81. The molecule has 10 nitrogen and oxygen atoms in total. The van der Waals surface area contributed by atoms with Gasteiger partial charge in [0.05, 0.1) is 11.8 Å². The lowest BCUT2D eigenvalue weighted by Gasteiger charge is -2.28. The zero-order valence-corrected chi connectivity index (χ0v) is 22.2. The number of carbonyl (C=O) groups is 6. The Morgan fingerprint density at radius 2 is 1.03 bits per heavy atom. The number of thioether (sulfide) groups is 2. The van der Waals surface area contributed by atoms with Crippen LogP contribution in [0.1, 0.15) is 54.4 Å². The van der Waals surface area contributed by atoms with E-state index in [2.05, 4.69) is 10.9 Å². The molecule has 2 unspecified atom stereocenters. The van der Waals surface area contributed by atoms with Crippen LogP contribution in [0.4, 0.5) is 0 Å². The van der Waals surface area contributed by atoms with Gasteiger partial charge in [-0.25, -0.2) is 0 Å². The number of amides is 4. The topological polar surface area (TPSA) is 133 Å². The molecular formula is C22H34N4O6S2. The Morgan fingerprint density at radius 3 is 1.32 bits per heavy atom. The number of carbonyl (C=O) groups excluding carboxylic acids is 6. The van der Waals surface area contributed by atoms with E-state index in [1.807, 2.05) is 13.8 Å². The highest BCUT2D eigenvalue weighted by atomic mass is 32.2. The lowest BCUT2D eigenvalue weighted by atomic mass is 9.84. The van der Waals surface area contributed by atoms with Gasteiger partial charge in [0.1, 0.15) is 12.1 Å². The molecule has 2 saturated heterocycles. The summed E-state index contributed by atoms with van der Waals surface area (Å²) in [6.45, 7) is 10.4. The fourth-order valence-corrected chi connectivity index (χ4v) is 5.48. The van der Waals surface area contributed by atoms with Gasteiger partial charge in [-0.2, -0.15) is 0 Å². The maximum Gasteiger partial charge on any atom is 0.291 e. The quantitative estimate of drug-likeness (QED) is 0.361. The van der Waals surface area contributed by atoms with Crippen molar-refractivity contribution in [1.29, 1.82) is 0 Å². The third-order valence-electron chi connectivity index (χ3n) is 6.59. The maximum absolute atomic E-state index is 12.7. The summed E-state index contributed by atoms with van der Waals surface area (Å²) >= 11 is 2.68. The summed E-state index contributed by atoms with van der Waals surface area (Å²) in [5, 5.41) is 0. The molecule has 2 aliphatic rings. The van der Waals surface area contributed by atoms with Gasteiger partial charge in [0.15, 0.2) is 0 Å². The van der Waals surface area contributed by atoms with E-state index in [-0.39, 0.29) is 23.3 Å². The van der Waals surface area contributed by atoms with Gasteiger partial charge in [-0.05, 0) is 12.8 Å².